The predicted octanol–water partition coefficient (Wildman–Crippen LogP) is 2.08. The molecule has 4 nitrogen and oxygen atoms in total. The molecule has 0 atom stereocenters. The zero-order chi connectivity index (χ0) is 14.6. The highest BCUT2D eigenvalue weighted by Gasteiger charge is 2.31. The second kappa shape index (κ2) is 5.61. The number of benzene rings is 1. The summed E-state index contributed by atoms with van der Waals surface area (Å²) >= 11 is 0. The zero-order valence-corrected chi connectivity index (χ0v) is 10.4. The number of carbonyl (C=O) groups is 1. The van der Waals surface area contributed by atoms with E-state index >= 15 is 0 Å². The lowest BCUT2D eigenvalue weighted by atomic mass is 10.1. The SMILES string of the molecule is CN(C)C(=O)CNc1ccc(C(F)(F)F)cc1C#N. The topological polar surface area (TPSA) is 56.1 Å². The van der Waals surface area contributed by atoms with Crippen LogP contribution in [0.5, 0.6) is 0 Å². The molecule has 0 aromatic heterocycles. The Kier molecular flexibility index (Phi) is 4.38. The van der Waals surface area contributed by atoms with Crippen LogP contribution in [0.4, 0.5) is 18.9 Å². The number of hydrogen-bond donors (Lipinski definition) is 1. The molecule has 1 amide bonds. The molecular weight excluding hydrogens is 259 g/mol. The standard InChI is InChI=1S/C12H12F3N3O/c1-18(2)11(19)7-17-10-4-3-9(12(13,14)15)5-8(10)6-16/h3-5,17H,7H2,1-2H3. The number of halogens is 3. The van der Waals surface area contributed by atoms with Crippen molar-refractivity contribution in [3.63, 3.8) is 0 Å². The van der Waals surface area contributed by atoms with Gasteiger partial charge in [0, 0.05) is 14.1 Å². The van der Waals surface area contributed by atoms with Gasteiger partial charge in [0.1, 0.15) is 6.07 Å². The summed E-state index contributed by atoms with van der Waals surface area (Å²) in [5, 5.41) is 11.5. The summed E-state index contributed by atoms with van der Waals surface area (Å²) in [5.41, 5.74) is -0.847. The molecule has 1 N–H and O–H groups in total. The number of amides is 1. The molecule has 0 aliphatic heterocycles. The minimum atomic E-state index is -4.50. The molecule has 0 fully saturated rings. The quantitative estimate of drug-likeness (QED) is 0.915. The molecule has 1 rings (SSSR count). The Morgan fingerprint density at radius 3 is 2.53 bits per heavy atom. The second-order valence-electron chi connectivity index (χ2n) is 4.01. The fourth-order valence-electron chi connectivity index (χ4n) is 1.30. The summed E-state index contributed by atoms with van der Waals surface area (Å²) in [6, 6.07) is 4.43. The molecule has 7 heteroatoms. The number of carbonyl (C=O) groups excluding carboxylic acids is 1. The maximum atomic E-state index is 12.5. The summed E-state index contributed by atoms with van der Waals surface area (Å²) in [5.74, 6) is -0.246. The summed E-state index contributed by atoms with van der Waals surface area (Å²) in [6.45, 7) is -0.0902. The molecular formula is C12H12F3N3O. The van der Waals surface area contributed by atoms with Gasteiger partial charge in [-0.2, -0.15) is 18.4 Å². The van der Waals surface area contributed by atoms with Gasteiger partial charge in [-0.15, -0.1) is 0 Å². The molecule has 0 unspecified atom stereocenters. The monoisotopic (exact) mass is 271 g/mol. The van der Waals surface area contributed by atoms with E-state index in [2.05, 4.69) is 5.32 Å². The van der Waals surface area contributed by atoms with Crippen LogP contribution in [0.1, 0.15) is 11.1 Å². The summed E-state index contributed by atoms with van der Waals surface area (Å²) in [4.78, 5) is 12.7. The first-order chi connectivity index (χ1) is 8.75. The van der Waals surface area contributed by atoms with E-state index in [4.69, 9.17) is 5.26 Å². The van der Waals surface area contributed by atoms with Crippen LogP contribution in [0.25, 0.3) is 0 Å². The number of anilines is 1. The number of hydrogen-bond acceptors (Lipinski definition) is 3. The smallest absolute Gasteiger partial charge is 0.375 e. The van der Waals surface area contributed by atoms with Gasteiger partial charge in [-0.1, -0.05) is 0 Å². The molecule has 0 aliphatic rings. The van der Waals surface area contributed by atoms with Crippen molar-refractivity contribution >= 4 is 11.6 Å². The first-order valence-electron chi connectivity index (χ1n) is 5.31. The van der Waals surface area contributed by atoms with Gasteiger partial charge in [-0.25, -0.2) is 0 Å². The van der Waals surface area contributed by atoms with Gasteiger partial charge in [-0.3, -0.25) is 4.79 Å². The van der Waals surface area contributed by atoms with Gasteiger partial charge in [0.2, 0.25) is 5.91 Å². The Morgan fingerprint density at radius 1 is 1.42 bits per heavy atom. The van der Waals surface area contributed by atoms with Crippen LogP contribution in [0, 0.1) is 11.3 Å². The Balaban J connectivity index is 2.92. The van der Waals surface area contributed by atoms with Crippen molar-refractivity contribution in [1.82, 2.24) is 4.90 Å². The van der Waals surface area contributed by atoms with E-state index in [9.17, 15) is 18.0 Å². The van der Waals surface area contributed by atoms with E-state index in [1.165, 1.54) is 4.90 Å². The molecule has 0 aliphatic carbocycles. The molecule has 0 saturated carbocycles. The van der Waals surface area contributed by atoms with Crippen LogP contribution >= 0.6 is 0 Å². The number of nitrogens with one attached hydrogen (secondary N) is 1. The maximum absolute atomic E-state index is 12.5. The number of nitriles is 1. The predicted molar refractivity (Wildman–Crippen MR) is 63.3 cm³/mol. The summed E-state index contributed by atoms with van der Waals surface area (Å²) in [7, 11) is 3.12. The third kappa shape index (κ3) is 3.88. The van der Waals surface area contributed by atoms with Crippen molar-refractivity contribution in [2.75, 3.05) is 26.0 Å². The Hall–Kier alpha value is -2.23. The van der Waals surface area contributed by atoms with Crippen molar-refractivity contribution in [3.8, 4) is 6.07 Å². The van der Waals surface area contributed by atoms with E-state index in [0.717, 1.165) is 18.2 Å². The van der Waals surface area contributed by atoms with E-state index in [0.29, 0.717) is 0 Å². The van der Waals surface area contributed by atoms with Crippen molar-refractivity contribution in [2.45, 2.75) is 6.18 Å². The fourth-order valence-corrected chi connectivity index (χ4v) is 1.30. The number of nitrogens with zero attached hydrogens (tertiary/aromatic N) is 2. The van der Waals surface area contributed by atoms with Gasteiger partial charge < -0.3 is 10.2 Å². The first kappa shape index (κ1) is 14.8. The normalized spacial score (nSPS) is 10.7. The highest BCUT2D eigenvalue weighted by Crippen LogP contribution is 2.31. The van der Waals surface area contributed by atoms with E-state index in [1.54, 1.807) is 20.2 Å². The molecule has 0 heterocycles. The van der Waals surface area contributed by atoms with Crippen molar-refractivity contribution in [3.05, 3.63) is 29.3 Å². The number of likely N-dealkylation sites (N-methyl/N-ethyl adjacent to an activating group) is 1. The Morgan fingerprint density at radius 2 is 2.05 bits per heavy atom. The lowest BCUT2D eigenvalue weighted by Gasteiger charge is -2.13. The average Bonchev–Trinajstić information content (AvgIpc) is 2.34. The zero-order valence-electron chi connectivity index (χ0n) is 10.4. The van der Waals surface area contributed by atoms with E-state index < -0.39 is 11.7 Å². The van der Waals surface area contributed by atoms with Gasteiger partial charge >= 0.3 is 6.18 Å². The lowest BCUT2D eigenvalue weighted by molar-refractivity contribution is -0.137. The third-order valence-electron chi connectivity index (χ3n) is 2.40. The van der Waals surface area contributed by atoms with Crippen LogP contribution in [-0.4, -0.2) is 31.4 Å². The van der Waals surface area contributed by atoms with Crippen molar-refractivity contribution in [2.24, 2.45) is 0 Å². The molecule has 19 heavy (non-hydrogen) atoms. The van der Waals surface area contributed by atoms with Gasteiger partial charge in [0.25, 0.3) is 0 Å². The molecule has 0 spiro atoms. The molecule has 0 bridgehead atoms. The molecule has 0 saturated heterocycles. The van der Waals surface area contributed by atoms with E-state index in [-0.39, 0.29) is 23.7 Å². The number of rotatable bonds is 3. The number of alkyl halides is 3. The molecule has 0 radical (unpaired) electrons. The molecule has 1 aromatic rings. The van der Waals surface area contributed by atoms with Crippen molar-refractivity contribution in [1.29, 1.82) is 5.26 Å². The highest BCUT2D eigenvalue weighted by atomic mass is 19.4. The van der Waals surface area contributed by atoms with Crippen LogP contribution in [0.2, 0.25) is 0 Å². The van der Waals surface area contributed by atoms with Crippen LogP contribution in [-0.2, 0) is 11.0 Å². The van der Waals surface area contributed by atoms with E-state index in [1.807, 2.05) is 0 Å². The average molecular weight is 271 g/mol. The summed E-state index contributed by atoms with van der Waals surface area (Å²) < 4.78 is 37.4. The van der Waals surface area contributed by atoms with Crippen LogP contribution in [0.15, 0.2) is 18.2 Å². The minimum absolute atomic E-state index is 0.0902. The Labute approximate surface area is 108 Å². The Bertz CT molecular complexity index is 518. The lowest BCUT2D eigenvalue weighted by Crippen LogP contribution is -2.28. The van der Waals surface area contributed by atoms with Gasteiger partial charge in [0.05, 0.1) is 23.4 Å². The minimum Gasteiger partial charge on any atom is -0.375 e. The maximum Gasteiger partial charge on any atom is 0.416 e. The van der Waals surface area contributed by atoms with Gasteiger partial charge in [0.15, 0.2) is 0 Å². The second-order valence-corrected chi connectivity index (χ2v) is 4.01. The highest BCUT2D eigenvalue weighted by molar-refractivity contribution is 5.81. The molecule has 102 valence electrons. The third-order valence-corrected chi connectivity index (χ3v) is 2.40. The fraction of sp³-hybridized carbons (Fsp3) is 0.333. The first-order valence-corrected chi connectivity index (χ1v) is 5.31. The van der Waals surface area contributed by atoms with Crippen LogP contribution in [0.3, 0.4) is 0 Å². The van der Waals surface area contributed by atoms with Gasteiger partial charge in [-0.05, 0) is 18.2 Å². The van der Waals surface area contributed by atoms with Crippen molar-refractivity contribution < 1.29 is 18.0 Å². The summed E-state index contributed by atoms with van der Waals surface area (Å²) in [6.07, 6.45) is -4.50. The largest absolute Gasteiger partial charge is 0.416 e. The molecule has 1 aromatic carbocycles. The van der Waals surface area contributed by atoms with Crippen LogP contribution < -0.4 is 5.32 Å².